The Bertz CT molecular complexity index is 900. The second-order valence-corrected chi connectivity index (χ2v) is 8.84. The topological polar surface area (TPSA) is 72.9 Å². The Morgan fingerprint density at radius 2 is 1.65 bits per heavy atom. The van der Waals surface area contributed by atoms with Crippen LogP contribution in [0.1, 0.15) is 37.7 Å². The lowest BCUT2D eigenvalue weighted by Crippen LogP contribution is -2.37. The van der Waals surface area contributed by atoms with E-state index in [4.69, 9.17) is 9.47 Å². The van der Waals surface area contributed by atoms with Crippen LogP contribution in [0.15, 0.2) is 53.0 Å². The number of ether oxygens (including phenoxy) is 2. The second-order valence-electron chi connectivity index (χ2n) is 7.61. The minimum Gasteiger partial charge on any atom is -0.489 e. The minimum absolute atomic E-state index is 0.0568. The van der Waals surface area contributed by atoms with Crippen LogP contribution in [-0.2, 0) is 23.9 Å². The number of rotatable bonds is 8. The first kappa shape index (κ1) is 23.1. The Labute approximate surface area is 187 Å². The Kier molecular flexibility index (Phi) is 7.96. The fourth-order valence-electron chi connectivity index (χ4n) is 4.17. The molecule has 6 nitrogen and oxygen atoms in total. The van der Waals surface area contributed by atoms with Crippen molar-refractivity contribution in [2.24, 2.45) is 0 Å². The number of nitrogens with zero attached hydrogens (tertiary/aromatic N) is 1. The van der Waals surface area contributed by atoms with Crippen molar-refractivity contribution in [2.75, 3.05) is 38.8 Å². The molecule has 1 aliphatic heterocycles. The molecule has 1 heterocycles. The van der Waals surface area contributed by atoms with Gasteiger partial charge >= 0.3 is 0 Å². The number of methoxy groups -OCH3 is 2. The molecule has 31 heavy (non-hydrogen) atoms. The van der Waals surface area contributed by atoms with E-state index >= 15 is 0 Å². The van der Waals surface area contributed by atoms with E-state index in [0.717, 1.165) is 30.2 Å². The summed E-state index contributed by atoms with van der Waals surface area (Å²) in [5.74, 6) is 1.04. The molecule has 1 aromatic carbocycles. The molecule has 1 atom stereocenters. The summed E-state index contributed by atoms with van der Waals surface area (Å²) >= 11 is 1.87. The predicted octanol–water partition coefficient (Wildman–Crippen LogP) is 3.49. The highest BCUT2D eigenvalue weighted by molar-refractivity contribution is 7.99. The first-order valence-electron chi connectivity index (χ1n) is 10.5. The maximum Gasteiger partial charge on any atom is 0.228 e. The van der Waals surface area contributed by atoms with Crippen LogP contribution in [0.5, 0.6) is 0 Å². The molecule has 166 valence electrons. The lowest BCUT2D eigenvalue weighted by atomic mass is 9.78. The van der Waals surface area contributed by atoms with Gasteiger partial charge in [0, 0.05) is 48.1 Å². The maximum atomic E-state index is 13.3. The maximum absolute atomic E-state index is 13.3. The molecular formula is C24H29NO5S. The van der Waals surface area contributed by atoms with Gasteiger partial charge in [0.1, 0.15) is 0 Å². The summed E-state index contributed by atoms with van der Waals surface area (Å²) < 4.78 is 10.4. The summed E-state index contributed by atoms with van der Waals surface area (Å²) in [6.45, 7) is 3.25. The van der Waals surface area contributed by atoms with Crippen LogP contribution in [0.4, 0.5) is 0 Å². The summed E-state index contributed by atoms with van der Waals surface area (Å²) in [4.78, 5) is 40.7. The normalized spacial score (nSPS) is 18.4. The van der Waals surface area contributed by atoms with Crippen molar-refractivity contribution >= 4 is 29.2 Å². The molecule has 1 amide bonds. The van der Waals surface area contributed by atoms with Crippen LogP contribution in [0.2, 0.25) is 0 Å². The lowest BCUT2D eigenvalue weighted by molar-refractivity contribution is -0.131. The molecule has 0 spiro atoms. The molecule has 0 radical (unpaired) electrons. The molecule has 0 saturated carbocycles. The van der Waals surface area contributed by atoms with Crippen molar-refractivity contribution in [3.8, 4) is 0 Å². The highest BCUT2D eigenvalue weighted by Gasteiger charge is 2.38. The van der Waals surface area contributed by atoms with E-state index in [-0.39, 0.29) is 34.9 Å². The molecule has 0 N–H and O–H groups in total. The number of hydrogen-bond acceptors (Lipinski definition) is 6. The van der Waals surface area contributed by atoms with Crippen molar-refractivity contribution in [3.05, 3.63) is 58.6 Å². The number of benzene rings is 1. The number of thioether (sulfide) groups is 1. The molecule has 0 bridgehead atoms. The van der Waals surface area contributed by atoms with Gasteiger partial charge < -0.3 is 14.4 Å². The van der Waals surface area contributed by atoms with Gasteiger partial charge in [-0.1, -0.05) is 30.3 Å². The van der Waals surface area contributed by atoms with E-state index in [2.05, 4.69) is 0 Å². The Hall–Kier alpha value is -2.54. The van der Waals surface area contributed by atoms with Gasteiger partial charge in [-0.15, -0.1) is 0 Å². The van der Waals surface area contributed by atoms with E-state index in [0.29, 0.717) is 30.4 Å². The molecular weight excluding hydrogens is 414 g/mol. The average molecular weight is 444 g/mol. The standard InChI is InChI=1S/C24H29NO5S/c1-16-20(22(28)24(30-3)23(29-2)21(16)27)18(17-8-5-4-6-9-17)10-7-11-19(26)25-12-14-31-15-13-25/h4-6,8-9,18H,7,10-15H2,1-3H3. The van der Waals surface area contributed by atoms with Gasteiger partial charge in [0.15, 0.2) is 0 Å². The minimum atomic E-state index is -0.336. The lowest BCUT2D eigenvalue weighted by Gasteiger charge is -2.28. The Morgan fingerprint density at radius 1 is 1.03 bits per heavy atom. The number of ketones is 2. The predicted molar refractivity (Wildman–Crippen MR) is 121 cm³/mol. The summed E-state index contributed by atoms with van der Waals surface area (Å²) in [5, 5.41) is 0. The Balaban J connectivity index is 1.84. The molecule has 2 aliphatic rings. The summed E-state index contributed by atoms with van der Waals surface area (Å²) in [6.07, 6.45) is 1.64. The van der Waals surface area contributed by atoms with Crippen LogP contribution >= 0.6 is 11.8 Å². The third-order valence-electron chi connectivity index (χ3n) is 5.81. The monoisotopic (exact) mass is 443 g/mol. The van der Waals surface area contributed by atoms with E-state index in [1.54, 1.807) is 6.92 Å². The van der Waals surface area contributed by atoms with Gasteiger partial charge in [-0.05, 0) is 25.3 Å². The third kappa shape index (κ3) is 5.03. The van der Waals surface area contributed by atoms with Gasteiger partial charge in [0.25, 0.3) is 0 Å². The van der Waals surface area contributed by atoms with Gasteiger partial charge in [-0.25, -0.2) is 0 Å². The molecule has 1 fully saturated rings. The zero-order valence-electron chi connectivity index (χ0n) is 18.3. The van der Waals surface area contributed by atoms with Crippen molar-refractivity contribution in [2.45, 2.75) is 32.1 Å². The summed E-state index contributed by atoms with van der Waals surface area (Å²) in [6, 6.07) is 9.65. The summed E-state index contributed by atoms with van der Waals surface area (Å²) in [5.41, 5.74) is 1.74. The number of hydrogen-bond donors (Lipinski definition) is 0. The van der Waals surface area contributed by atoms with Crippen LogP contribution in [0, 0.1) is 0 Å². The number of amides is 1. The van der Waals surface area contributed by atoms with E-state index in [9.17, 15) is 14.4 Å². The van der Waals surface area contributed by atoms with E-state index in [1.807, 2.05) is 47.0 Å². The quantitative estimate of drug-likeness (QED) is 0.573. The van der Waals surface area contributed by atoms with Crippen molar-refractivity contribution < 1.29 is 23.9 Å². The smallest absolute Gasteiger partial charge is 0.228 e. The van der Waals surface area contributed by atoms with Gasteiger partial charge in [-0.3, -0.25) is 14.4 Å². The van der Waals surface area contributed by atoms with Crippen LogP contribution < -0.4 is 0 Å². The molecule has 1 aromatic rings. The number of carbonyl (C=O) groups is 3. The molecule has 3 rings (SSSR count). The van der Waals surface area contributed by atoms with Crippen LogP contribution in [0.3, 0.4) is 0 Å². The first-order chi connectivity index (χ1) is 15.0. The SMILES string of the molecule is COC1=C(OC)C(=O)C(C(CCCC(=O)N2CCSCC2)c2ccccc2)=C(C)C1=O. The zero-order chi connectivity index (χ0) is 22.4. The van der Waals surface area contributed by atoms with Gasteiger partial charge in [-0.2, -0.15) is 11.8 Å². The average Bonchev–Trinajstić information content (AvgIpc) is 2.81. The fraction of sp³-hybridized carbons (Fsp3) is 0.458. The van der Waals surface area contributed by atoms with Crippen LogP contribution in [-0.4, -0.2) is 61.2 Å². The molecule has 1 unspecified atom stereocenters. The summed E-state index contributed by atoms with van der Waals surface area (Å²) in [7, 11) is 2.72. The Morgan fingerprint density at radius 3 is 2.26 bits per heavy atom. The molecule has 0 aromatic heterocycles. The largest absolute Gasteiger partial charge is 0.489 e. The van der Waals surface area contributed by atoms with Crippen molar-refractivity contribution in [1.29, 1.82) is 0 Å². The number of Topliss-reactive ketones (excluding diaryl/α,β-unsaturated/α-hetero) is 2. The van der Waals surface area contributed by atoms with Gasteiger partial charge in [0.05, 0.1) is 14.2 Å². The number of allylic oxidation sites excluding steroid dienone is 2. The third-order valence-corrected chi connectivity index (χ3v) is 6.76. The van der Waals surface area contributed by atoms with Crippen molar-refractivity contribution in [1.82, 2.24) is 4.90 Å². The second kappa shape index (κ2) is 10.7. The number of carbonyl (C=O) groups excluding carboxylic acids is 3. The molecule has 1 saturated heterocycles. The zero-order valence-corrected chi connectivity index (χ0v) is 19.1. The van der Waals surface area contributed by atoms with E-state index < -0.39 is 0 Å². The van der Waals surface area contributed by atoms with Crippen LogP contribution in [0.25, 0.3) is 0 Å². The molecule has 7 heteroatoms. The highest BCUT2D eigenvalue weighted by Crippen LogP contribution is 2.38. The first-order valence-corrected chi connectivity index (χ1v) is 11.7. The molecule has 1 aliphatic carbocycles. The van der Waals surface area contributed by atoms with Crippen molar-refractivity contribution in [3.63, 3.8) is 0 Å². The van der Waals surface area contributed by atoms with E-state index in [1.165, 1.54) is 14.2 Å². The fourth-order valence-corrected chi connectivity index (χ4v) is 5.08. The van der Waals surface area contributed by atoms with Gasteiger partial charge in [0.2, 0.25) is 29.0 Å². The highest BCUT2D eigenvalue weighted by atomic mass is 32.2.